The normalized spacial score (nSPS) is 11.7. The largest absolute Gasteiger partial charge is 0.492 e. The van der Waals surface area contributed by atoms with Gasteiger partial charge in [-0.3, -0.25) is 0 Å². The molecule has 0 atom stereocenters. The van der Waals surface area contributed by atoms with E-state index in [0.29, 0.717) is 16.8 Å². The number of hydrogen-bond acceptors (Lipinski definition) is 3. The fraction of sp³-hybridized carbons (Fsp3) is 0.462. The zero-order valence-electron chi connectivity index (χ0n) is 11.0. The van der Waals surface area contributed by atoms with Crippen LogP contribution >= 0.6 is 15.9 Å². The summed E-state index contributed by atoms with van der Waals surface area (Å²) in [5.41, 5.74) is 0.145. The Balaban J connectivity index is 2.76. The highest BCUT2D eigenvalue weighted by Crippen LogP contribution is 2.24. The summed E-state index contributed by atoms with van der Waals surface area (Å²) in [5, 5.41) is 8.91. The van der Waals surface area contributed by atoms with E-state index >= 15 is 0 Å². The quantitative estimate of drug-likeness (QED) is 0.907. The molecule has 0 heterocycles. The number of nitrogens with zero attached hydrogens (tertiary/aromatic N) is 1. The van der Waals surface area contributed by atoms with Gasteiger partial charge in [0.1, 0.15) is 12.4 Å². The fourth-order valence-corrected chi connectivity index (χ4v) is 1.68. The van der Waals surface area contributed by atoms with Gasteiger partial charge in [-0.05, 0) is 62.1 Å². The van der Waals surface area contributed by atoms with Gasteiger partial charge in [0.2, 0.25) is 0 Å². The number of aromatic carboxylic acids is 1. The SMILES string of the molecule is CN(C)C(C)(C)COc1ccc(C(=O)O)c(Br)c1. The number of halogens is 1. The minimum atomic E-state index is -0.956. The summed E-state index contributed by atoms with van der Waals surface area (Å²) in [5.74, 6) is -0.302. The maximum absolute atomic E-state index is 10.9. The van der Waals surface area contributed by atoms with Crippen molar-refractivity contribution in [1.29, 1.82) is 0 Å². The third kappa shape index (κ3) is 3.71. The van der Waals surface area contributed by atoms with Gasteiger partial charge >= 0.3 is 5.97 Å². The molecular formula is C13H18BrNO3. The summed E-state index contributed by atoms with van der Waals surface area (Å²) in [6.07, 6.45) is 0. The standard InChI is InChI=1S/C13H18BrNO3/c1-13(2,15(3)4)8-18-9-5-6-10(12(16)17)11(14)7-9/h5-7H,8H2,1-4H3,(H,16,17). The molecule has 0 amide bonds. The van der Waals surface area contributed by atoms with Crippen LogP contribution < -0.4 is 4.74 Å². The second kappa shape index (κ2) is 5.71. The topological polar surface area (TPSA) is 49.8 Å². The summed E-state index contributed by atoms with van der Waals surface area (Å²) in [4.78, 5) is 12.9. The number of carboxylic acid groups (broad SMARTS) is 1. The predicted octanol–water partition coefficient (Wildman–Crippen LogP) is 2.87. The molecule has 1 aromatic carbocycles. The minimum absolute atomic E-state index is 0.0854. The van der Waals surface area contributed by atoms with Gasteiger partial charge in [0, 0.05) is 10.0 Å². The summed E-state index contributed by atoms with van der Waals surface area (Å²) in [7, 11) is 3.99. The smallest absolute Gasteiger partial charge is 0.336 e. The van der Waals surface area contributed by atoms with Gasteiger partial charge in [-0.1, -0.05) is 0 Å². The van der Waals surface area contributed by atoms with Gasteiger partial charge in [0.25, 0.3) is 0 Å². The lowest BCUT2D eigenvalue weighted by Crippen LogP contribution is -2.43. The highest BCUT2D eigenvalue weighted by molar-refractivity contribution is 9.10. The Morgan fingerprint density at radius 3 is 2.50 bits per heavy atom. The van der Waals surface area contributed by atoms with E-state index in [2.05, 4.69) is 34.7 Å². The molecule has 0 unspecified atom stereocenters. The molecule has 1 N–H and O–H groups in total. The molecule has 0 saturated carbocycles. The number of hydrogen-bond donors (Lipinski definition) is 1. The van der Waals surface area contributed by atoms with Crippen LogP contribution in [0, 0.1) is 0 Å². The van der Waals surface area contributed by atoms with E-state index in [1.54, 1.807) is 12.1 Å². The summed E-state index contributed by atoms with van der Waals surface area (Å²) >= 11 is 3.23. The fourth-order valence-electron chi connectivity index (χ4n) is 1.15. The second-order valence-electron chi connectivity index (χ2n) is 4.94. The molecule has 1 rings (SSSR count). The number of rotatable bonds is 5. The first-order valence-corrected chi connectivity index (χ1v) is 6.36. The summed E-state index contributed by atoms with van der Waals surface area (Å²) in [6.45, 7) is 4.68. The lowest BCUT2D eigenvalue weighted by molar-refractivity contribution is 0.0695. The maximum Gasteiger partial charge on any atom is 0.336 e. The maximum atomic E-state index is 10.9. The van der Waals surface area contributed by atoms with Crippen LogP contribution in [0.15, 0.2) is 22.7 Å². The molecule has 0 saturated heterocycles. The van der Waals surface area contributed by atoms with E-state index in [1.165, 1.54) is 6.07 Å². The van der Waals surface area contributed by atoms with Crippen LogP contribution in [0.1, 0.15) is 24.2 Å². The molecule has 5 heteroatoms. The van der Waals surface area contributed by atoms with Gasteiger partial charge in [0.15, 0.2) is 0 Å². The molecule has 0 radical (unpaired) electrons. The van der Waals surface area contributed by atoms with Crippen molar-refractivity contribution < 1.29 is 14.6 Å². The molecule has 0 aliphatic rings. The lowest BCUT2D eigenvalue weighted by atomic mass is 10.1. The number of carboxylic acids is 1. The average Bonchev–Trinajstić information content (AvgIpc) is 2.25. The van der Waals surface area contributed by atoms with Gasteiger partial charge in [-0.25, -0.2) is 4.79 Å². The van der Waals surface area contributed by atoms with Crippen LogP contribution in [0.4, 0.5) is 0 Å². The van der Waals surface area contributed by atoms with Crippen molar-refractivity contribution in [3.05, 3.63) is 28.2 Å². The zero-order valence-corrected chi connectivity index (χ0v) is 12.6. The first kappa shape index (κ1) is 15.0. The molecule has 0 bridgehead atoms. The first-order chi connectivity index (χ1) is 8.24. The lowest BCUT2D eigenvalue weighted by Gasteiger charge is -2.32. The van der Waals surface area contributed by atoms with Crippen LogP contribution in [0.2, 0.25) is 0 Å². The molecule has 1 aromatic rings. The van der Waals surface area contributed by atoms with Gasteiger partial charge in [0.05, 0.1) is 5.56 Å². The van der Waals surface area contributed by atoms with Crippen molar-refractivity contribution in [2.45, 2.75) is 19.4 Å². The van der Waals surface area contributed by atoms with E-state index in [4.69, 9.17) is 9.84 Å². The van der Waals surface area contributed by atoms with Crippen LogP contribution in [0.25, 0.3) is 0 Å². The third-order valence-corrected chi connectivity index (χ3v) is 3.63. The Morgan fingerprint density at radius 2 is 2.06 bits per heavy atom. The third-order valence-electron chi connectivity index (χ3n) is 2.97. The van der Waals surface area contributed by atoms with E-state index < -0.39 is 5.97 Å². The summed E-state index contributed by atoms with van der Waals surface area (Å²) < 4.78 is 6.21. The van der Waals surface area contributed by atoms with Crippen LogP contribution in [-0.2, 0) is 0 Å². The first-order valence-electron chi connectivity index (χ1n) is 5.57. The Bertz CT molecular complexity index is 444. The van der Waals surface area contributed by atoms with Crippen molar-refractivity contribution in [2.75, 3.05) is 20.7 Å². The number of carbonyl (C=O) groups is 1. The zero-order chi connectivity index (χ0) is 13.9. The van der Waals surface area contributed by atoms with Crippen LogP contribution in [0.5, 0.6) is 5.75 Å². The van der Waals surface area contributed by atoms with Gasteiger partial charge in [-0.2, -0.15) is 0 Å². The molecule has 18 heavy (non-hydrogen) atoms. The molecule has 4 nitrogen and oxygen atoms in total. The van der Waals surface area contributed by atoms with E-state index in [0.717, 1.165) is 0 Å². The minimum Gasteiger partial charge on any atom is -0.492 e. The summed E-state index contributed by atoms with van der Waals surface area (Å²) in [6, 6.07) is 4.87. The van der Waals surface area contributed by atoms with E-state index in [9.17, 15) is 4.79 Å². The highest BCUT2D eigenvalue weighted by atomic mass is 79.9. The molecular weight excluding hydrogens is 298 g/mol. The number of likely N-dealkylation sites (N-methyl/N-ethyl adjacent to an activating group) is 1. The van der Waals surface area contributed by atoms with Crippen LogP contribution in [-0.4, -0.2) is 42.2 Å². The average molecular weight is 316 g/mol. The molecule has 0 aliphatic carbocycles. The Kier molecular flexibility index (Phi) is 4.76. The van der Waals surface area contributed by atoms with Crippen LogP contribution in [0.3, 0.4) is 0 Å². The van der Waals surface area contributed by atoms with E-state index in [1.807, 2.05) is 14.1 Å². The Morgan fingerprint density at radius 1 is 1.44 bits per heavy atom. The monoisotopic (exact) mass is 315 g/mol. The Labute approximate surface area is 116 Å². The molecule has 0 aliphatic heterocycles. The molecule has 0 aromatic heterocycles. The van der Waals surface area contributed by atoms with Crippen molar-refractivity contribution in [1.82, 2.24) is 4.90 Å². The van der Waals surface area contributed by atoms with Crippen molar-refractivity contribution in [3.8, 4) is 5.75 Å². The molecule has 0 spiro atoms. The predicted molar refractivity (Wildman–Crippen MR) is 74.4 cm³/mol. The molecule has 100 valence electrons. The van der Waals surface area contributed by atoms with E-state index in [-0.39, 0.29) is 11.1 Å². The number of benzene rings is 1. The van der Waals surface area contributed by atoms with Crippen molar-refractivity contribution >= 4 is 21.9 Å². The van der Waals surface area contributed by atoms with Crippen molar-refractivity contribution in [2.24, 2.45) is 0 Å². The van der Waals surface area contributed by atoms with Gasteiger partial charge < -0.3 is 14.7 Å². The van der Waals surface area contributed by atoms with Crippen molar-refractivity contribution in [3.63, 3.8) is 0 Å². The Hall–Kier alpha value is -1.07. The van der Waals surface area contributed by atoms with Gasteiger partial charge in [-0.15, -0.1) is 0 Å². The number of ether oxygens (including phenoxy) is 1. The second-order valence-corrected chi connectivity index (χ2v) is 5.80. The highest BCUT2D eigenvalue weighted by Gasteiger charge is 2.21. The molecule has 0 fully saturated rings.